The van der Waals surface area contributed by atoms with Gasteiger partial charge in [0.2, 0.25) is 0 Å². The Balaban J connectivity index is 2.23. The van der Waals surface area contributed by atoms with E-state index in [1.54, 1.807) is 12.2 Å². The minimum absolute atomic E-state index is 0.000461. The lowest BCUT2D eigenvalue weighted by molar-refractivity contribution is -0.110. The van der Waals surface area contributed by atoms with Crippen molar-refractivity contribution in [2.45, 2.75) is 26.3 Å². The molecule has 3 rings (SSSR count). The van der Waals surface area contributed by atoms with Gasteiger partial charge in [-0.1, -0.05) is 44.5 Å². The Hall–Kier alpha value is -1.20. The van der Waals surface area contributed by atoms with E-state index in [2.05, 4.69) is 43.4 Å². The largest absolute Gasteiger partial charge is 0.290 e. The van der Waals surface area contributed by atoms with Gasteiger partial charge in [-0.25, -0.2) is 0 Å². The summed E-state index contributed by atoms with van der Waals surface area (Å²) in [6.45, 7) is 6.47. The summed E-state index contributed by atoms with van der Waals surface area (Å²) in [5.74, 6) is 0.000461. The van der Waals surface area contributed by atoms with E-state index < -0.39 is 5.54 Å². The topological polar surface area (TPSA) is 29.4 Å². The standard InChI is InChI=1S/C19H17ClINO/c1-18(2,3)17-16(21)15(12-4-6-13(20)7-5-12)19(22-17)10-8-14(23)9-11-19/h4-11H,1-3H3. The molecule has 0 saturated carbocycles. The van der Waals surface area contributed by atoms with E-state index in [0.717, 1.165) is 20.4 Å². The fraction of sp³-hybridized carbons (Fsp3) is 0.263. The summed E-state index contributed by atoms with van der Waals surface area (Å²) in [6.07, 6.45) is 7.01. The number of ketones is 1. The van der Waals surface area contributed by atoms with Crippen LogP contribution in [0, 0.1) is 5.41 Å². The second-order valence-corrected chi connectivity index (χ2v) is 8.32. The van der Waals surface area contributed by atoms with Crippen LogP contribution in [-0.2, 0) is 4.79 Å². The molecule has 118 valence electrons. The van der Waals surface area contributed by atoms with Crippen molar-refractivity contribution in [3.05, 3.63) is 62.7 Å². The average Bonchev–Trinajstić information content (AvgIpc) is 2.77. The molecule has 1 aliphatic heterocycles. The normalized spacial score (nSPS) is 19.7. The zero-order valence-electron chi connectivity index (χ0n) is 13.2. The highest BCUT2D eigenvalue weighted by Gasteiger charge is 2.42. The molecule has 0 N–H and O–H groups in total. The summed E-state index contributed by atoms with van der Waals surface area (Å²) < 4.78 is 1.14. The van der Waals surface area contributed by atoms with Crippen molar-refractivity contribution in [2.24, 2.45) is 10.4 Å². The smallest absolute Gasteiger partial charge is 0.178 e. The molecule has 0 bridgehead atoms. The number of hydrogen-bond acceptors (Lipinski definition) is 2. The van der Waals surface area contributed by atoms with Crippen LogP contribution in [0.15, 0.2) is 57.1 Å². The first-order valence-electron chi connectivity index (χ1n) is 7.42. The molecule has 2 nitrogen and oxygen atoms in total. The second-order valence-electron chi connectivity index (χ2n) is 6.80. The number of aliphatic imine (C=N–C) groups is 1. The third kappa shape index (κ3) is 2.96. The van der Waals surface area contributed by atoms with Gasteiger partial charge in [0.05, 0.1) is 5.71 Å². The Morgan fingerprint density at radius 3 is 2.17 bits per heavy atom. The lowest BCUT2D eigenvalue weighted by Gasteiger charge is -2.25. The quantitative estimate of drug-likeness (QED) is 0.539. The first-order chi connectivity index (χ1) is 10.7. The van der Waals surface area contributed by atoms with Crippen LogP contribution in [0.4, 0.5) is 0 Å². The van der Waals surface area contributed by atoms with Crippen molar-refractivity contribution in [3.8, 4) is 0 Å². The summed E-state index contributed by atoms with van der Waals surface area (Å²) >= 11 is 8.41. The maximum absolute atomic E-state index is 11.6. The Morgan fingerprint density at radius 2 is 1.65 bits per heavy atom. The zero-order chi connectivity index (χ0) is 16.8. The molecular weight excluding hydrogens is 421 g/mol. The molecule has 1 aliphatic carbocycles. The number of allylic oxidation sites excluding steroid dienone is 3. The van der Waals surface area contributed by atoms with Gasteiger partial charge in [-0.15, -0.1) is 0 Å². The van der Waals surface area contributed by atoms with Crippen LogP contribution in [0.5, 0.6) is 0 Å². The SMILES string of the molecule is CC(C)(C)C1=NC2(C=CC(=O)C=C2)C(c2ccc(Cl)cc2)=C1I. The van der Waals surface area contributed by atoms with Gasteiger partial charge in [0.25, 0.3) is 0 Å². The minimum atomic E-state index is -0.596. The van der Waals surface area contributed by atoms with E-state index in [1.165, 1.54) is 0 Å². The molecule has 0 unspecified atom stereocenters. The predicted octanol–water partition coefficient (Wildman–Crippen LogP) is 5.42. The molecular formula is C19H17ClINO. The van der Waals surface area contributed by atoms with E-state index in [0.29, 0.717) is 5.02 Å². The monoisotopic (exact) mass is 437 g/mol. The van der Waals surface area contributed by atoms with Gasteiger partial charge in [0.15, 0.2) is 5.78 Å². The van der Waals surface area contributed by atoms with Gasteiger partial charge in [0, 0.05) is 19.6 Å². The van der Waals surface area contributed by atoms with Gasteiger partial charge in [0.1, 0.15) is 5.54 Å². The lowest BCUT2D eigenvalue weighted by atomic mass is 9.83. The molecule has 4 heteroatoms. The van der Waals surface area contributed by atoms with E-state index in [-0.39, 0.29) is 11.2 Å². The van der Waals surface area contributed by atoms with Crippen molar-refractivity contribution in [3.63, 3.8) is 0 Å². The Bertz CT molecular complexity index is 776. The van der Waals surface area contributed by atoms with Gasteiger partial charge >= 0.3 is 0 Å². The summed E-state index contributed by atoms with van der Waals surface area (Å²) in [6, 6.07) is 7.80. The molecule has 2 aliphatic rings. The van der Waals surface area contributed by atoms with Crippen LogP contribution in [0.3, 0.4) is 0 Å². The van der Waals surface area contributed by atoms with Crippen molar-refractivity contribution >= 4 is 51.3 Å². The maximum atomic E-state index is 11.6. The van der Waals surface area contributed by atoms with Crippen molar-refractivity contribution in [1.82, 2.24) is 0 Å². The van der Waals surface area contributed by atoms with Crippen LogP contribution in [0.25, 0.3) is 5.57 Å². The van der Waals surface area contributed by atoms with Gasteiger partial charge in [-0.3, -0.25) is 9.79 Å². The Kier molecular flexibility index (Phi) is 4.13. The molecule has 0 saturated heterocycles. The molecule has 1 heterocycles. The molecule has 0 radical (unpaired) electrons. The van der Waals surface area contributed by atoms with Crippen molar-refractivity contribution in [2.75, 3.05) is 0 Å². The molecule has 0 amide bonds. The summed E-state index contributed by atoms with van der Waals surface area (Å²) in [7, 11) is 0. The molecule has 0 atom stereocenters. The van der Waals surface area contributed by atoms with Gasteiger partial charge < -0.3 is 0 Å². The lowest BCUT2D eigenvalue weighted by Crippen LogP contribution is -2.25. The average molecular weight is 438 g/mol. The predicted molar refractivity (Wildman–Crippen MR) is 105 cm³/mol. The molecule has 1 aromatic rings. The maximum Gasteiger partial charge on any atom is 0.178 e. The van der Waals surface area contributed by atoms with Crippen LogP contribution >= 0.6 is 34.2 Å². The minimum Gasteiger partial charge on any atom is -0.290 e. The van der Waals surface area contributed by atoms with Crippen molar-refractivity contribution < 1.29 is 4.79 Å². The number of halogens is 2. The summed E-state index contributed by atoms with van der Waals surface area (Å²) in [5, 5.41) is 0.707. The number of carbonyl (C=O) groups is 1. The Labute approximate surface area is 155 Å². The third-order valence-electron chi connectivity index (χ3n) is 3.97. The summed E-state index contributed by atoms with van der Waals surface area (Å²) in [4.78, 5) is 16.6. The van der Waals surface area contributed by atoms with Gasteiger partial charge in [-0.2, -0.15) is 0 Å². The van der Waals surface area contributed by atoms with E-state index in [1.807, 2.05) is 36.4 Å². The highest BCUT2D eigenvalue weighted by Crippen LogP contribution is 2.48. The first kappa shape index (κ1) is 16.7. The third-order valence-corrected chi connectivity index (χ3v) is 5.27. The number of nitrogens with zero attached hydrogens (tertiary/aromatic N) is 1. The molecule has 1 spiro atoms. The number of benzene rings is 1. The second kappa shape index (κ2) is 5.71. The van der Waals surface area contributed by atoms with Crippen molar-refractivity contribution in [1.29, 1.82) is 0 Å². The molecule has 0 aromatic heterocycles. The number of carbonyl (C=O) groups excluding carboxylic acids is 1. The highest BCUT2D eigenvalue weighted by molar-refractivity contribution is 14.1. The van der Waals surface area contributed by atoms with Crippen LogP contribution in [0.1, 0.15) is 26.3 Å². The zero-order valence-corrected chi connectivity index (χ0v) is 16.1. The van der Waals surface area contributed by atoms with Gasteiger partial charge in [-0.05, 0) is 64.6 Å². The highest BCUT2D eigenvalue weighted by atomic mass is 127. The summed E-state index contributed by atoms with van der Waals surface area (Å²) in [5.41, 5.74) is 2.58. The van der Waals surface area contributed by atoms with E-state index in [9.17, 15) is 4.79 Å². The molecule has 23 heavy (non-hydrogen) atoms. The van der Waals surface area contributed by atoms with E-state index in [4.69, 9.17) is 16.6 Å². The Morgan fingerprint density at radius 1 is 1.09 bits per heavy atom. The van der Waals surface area contributed by atoms with E-state index >= 15 is 0 Å². The number of hydrogen-bond donors (Lipinski definition) is 0. The van der Waals surface area contributed by atoms with Crippen LogP contribution in [-0.4, -0.2) is 17.0 Å². The van der Waals surface area contributed by atoms with Crippen LogP contribution in [0.2, 0.25) is 5.02 Å². The fourth-order valence-electron chi connectivity index (χ4n) is 2.83. The first-order valence-corrected chi connectivity index (χ1v) is 8.88. The molecule has 1 aromatic carbocycles. The fourth-order valence-corrected chi connectivity index (χ4v) is 4.63. The van der Waals surface area contributed by atoms with Crippen LogP contribution < -0.4 is 0 Å². The number of rotatable bonds is 1. The molecule has 0 fully saturated rings.